The molecule has 0 aliphatic carbocycles. The Kier molecular flexibility index (Phi) is 5.96. The van der Waals surface area contributed by atoms with Crippen LogP contribution in [0.4, 0.5) is 11.4 Å². The predicted octanol–water partition coefficient (Wildman–Crippen LogP) is 5.03. The number of halogens is 1. The van der Waals surface area contributed by atoms with Crippen LogP contribution in [0.2, 0.25) is 5.02 Å². The number of hydrogen-bond donors (Lipinski definition) is 1. The normalized spacial score (nSPS) is 11.2. The maximum atomic E-state index is 13.1. The summed E-state index contributed by atoms with van der Waals surface area (Å²) in [4.78, 5) is 12.7. The first-order valence-corrected chi connectivity index (χ1v) is 10.7. The largest absolute Gasteiger partial charge is 0.322 e. The van der Waals surface area contributed by atoms with E-state index < -0.39 is 15.9 Å². The van der Waals surface area contributed by atoms with Gasteiger partial charge in [-0.15, -0.1) is 0 Å². The number of benzene rings is 3. The Labute approximate surface area is 176 Å². The van der Waals surface area contributed by atoms with Gasteiger partial charge in [0.2, 0.25) is 0 Å². The third kappa shape index (κ3) is 4.44. The van der Waals surface area contributed by atoms with Gasteiger partial charge >= 0.3 is 0 Å². The standard InChI is InChI=1S/C22H21ClN2O3S/c1-15-11-12-18(23)14-20(15)24-22(26)17-8-6-9-19(13-17)29(27,28)25(3)21-10-5-4-7-16(21)2/h4-14H,1-3H3,(H,24,26). The van der Waals surface area contributed by atoms with E-state index in [1.165, 1.54) is 23.5 Å². The molecule has 0 aromatic heterocycles. The van der Waals surface area contributed by atoms with E-state index >= 15 is 0 Å². The summed E-state index contributed by atoms with van der Waals surface area (Å²) in [6.07, 6.45) is 0. The molecule has 0 aliphatic heterocycles. The van der Waals surface area contributed by atoms with E-state index in [9.17, 15) is 13.2 Å². The van der Waals surface area contributed by atoms with Crippen molar-refractivity contribution < 1.29 is 13.2 Å². The minimum absolute atomic E-state index is 0.0405. The van der Waals surface area contributed by atoms with Crippen LogP contribution in [-0.4, -0.2) is 21.4 Å². The molecule has 3 aromatic carbocycles. The molecule has 3 aromatic rings. The second kappa shape index (κ2) is 8.27. The molecule has 29 heavy (non-hydrogen) atoms. The Morgan fingerprint density at radius 2 is 1.66 bits per heavy atom. The average Bonchev–Trinajstić information content (AvgIpc) is 2.70. The molecule has 0 aliphatic rings. The molecule has 150 valence electrons. The first-order chi connectivity index (χ1) is 13.7. The van der Waals surface area contributed by atoms with Crippen molar-refractivity contribution in [3.05, 3.63) is 88.4 Å². The average molecular weight is 429 g/mol. The number of rotatable bonds is 5. The quantitative estimate of drug-likeness (QED) is 0.619. The number of carbonyl (C=O) groups excluding carboxylic acids is 1. The van der Waals surface area contributed by atoms with Crippen LogP contribution in [-0.2, 0) is 10.0 Å². The van der Waals surface area contributed by atoms with Gasteiger partial charge in [0, 0.05) is 23.3 Å². The van der Waals surface area contributed by atoms with Gasteiger partial charge in [-0.25, -0.2) is 8.42 Å². The van der Waals surface area contributed by atoms with E-state index in [4.69, 9.17) is 11.6 Å². The minimum atomic E-state index is -3.83. The summed E-state index contributed by atoms with van der Waals surface area (Å²) in [6.45, 7) is 3.70. The van der Waals surface area contributed by atoms with Crippen molar-refractivity contribution in [1.82, 2.24) is 0 Å². The van der Waals surface area contributed by atoms with Gasteiger partial charge in [-0.05, 0) is 61.4 Å². The molecule has 0 fully saturated rings. The molecule has 0 saturated carbocycles. The lowest BCUT2D eigenvalue weighted by atomic mass is 10.1. The number of aryl methyl sites for hydroxylation is 2. The number of para-hydroxylation sites is 1. The number of anilines is 2. The Balaban J connectivity index is 1.91. The summed E-state index contributed by atoms with van der Waals surface area (Å²) >= 11 is 6.00. The Morgan fingerprint density at radius 1 is 0.931 bits per heavy atom. The number of nitrogens with zero attached hydrogens (tertiary/aromatic N) is 1. The van der Waals surface area contributed by atoms with E-state index in [2.05, 4.69) is 5.32 Å². The van der Waals surface area contributed by atoms with Crippen LogP contribution in [0.15, 0.2) is 71.6 Å². The van der Waals surface area contributed by atoms with Crippen molar-refractivity contribution in [1.29, 1.82) is 0 Å². The summed E-state index contributed by atoms with van der Waals surface area (Å²) < 4.78 is 27.4. The summed E-state index contributed by atoms with van der Waals surface area (Å²) in [7, 11) is -2.33. The minimum Gasteiger partial charge on any atom is -0.322 e. The van der Waals surface area contributed by atoms with Gasteiger partial charge in [0.15, 0.2) is 0 Å². The summed E-state index contributed by atoms with van der Waals surface area (Å²) in [5.41, 5.74) is 3.09. The lowest BCUT2D eigenvalue weighted by molar-refractivity contribution is 0.102. The Morgan fingerprint density at radius 3 is 2.38 bits per heavy atom. The van der Waals surface area contributed by atoms with Gasteiger partial charge in [-0.1, -0.05) is 41.9 Å². The lowest BCUT2D eigenvalue weighted by Crippen LogP contribution is -2.27. The summed E-state index contributed by atoms with van der Waals surface area (Å²) in [5.74, 6) is -0.411. The van der Waals surface area contributed by atoms with Crippen molar-refractivity contribution in [2.24, 2.45) is 0 Å². The van der Waals surface area contributed by atoms with E-state index in [1.54, 1.807) is 42.5 Å². The number of hydrogen-bond acceptors (Lipinski definition) is 3. The third-order valence-corrected chi connectivity index (χ3v) is 6.66. The van der Waals surface area contributed by atoms with E-state index in [1.807, 2.05) is 26.0 Å². The second-order valence-electron chi connectivity index (χ2n) is 6.70. The first-order valence-electron chi connectivity index (χ1n) is 8.92. The van der Waals surface area contributed by atoms with Crippen LogP contribution in [0.3, 0.4) is 0 Å². The van der Waals surface area contributed by atoms with Crippen LogP contribution in [0.1, 0.15) is 21.5 Å². The maximum Gasteiger partial charge on any atom is 0.264 e. The molecule has 1 N–H and O–H groups in total. The fraction of sp³-hybridized carbons (Fsp3) is 0.136. The van der Waals surface area contributed by atoms with E-state index in [-0.39, 0.29) is 10.5 Å². The maximum absolute atomic E-state index is 13.1. The summed E-state index contributed by atoms with van der Waals surface area (Å²) in [5, 5.41) is 3.29. The van der Waals surface area contributed by atoms with Crippen LogP contribution < -0.4 is 9.62 Å². The molecule has 0 spiro atoms. The molecule has 0 saturated heterocycles. The first kappa shape index (κ1) is 20.9. The molecule has 0 heterocycles. The lowest BCUT2D eigenvalue weighted by Gasteiger charge is -2.21. The van der Waals surface area contributed by atoms with Crippen LogP contribution >= 0.6 is 11.6 Å². The molecular formula is C22H21ClN2O3S. The molecular weight excluding hydrogens is 408 g/mol. The number of sulfonamides is 1. The zero-order valence-corrected chi connectivity index (χ0v) is 17.9. The van der Waals surface area contributed by atoms with Gasteiger partial charge in [0.1, 0.15) is 0 Å². The molecule has 1 amide bonds. The molecule has 3 rings (SSSR count). The van der Waals surface area contributed by atoms with Crippen molar-refractivity contribution in [3.63, 3.8) is 0 Å². The molecule has 5 nitrogen and oxygen atoms in total. The van der Waals surface area contributed by atoms with Crippen molar-refractivity contribution in [3.8, 4) is 0 Å². The van der Waals surface area contributed by atoms with Crippen molar-refractivity contribution in [2.75, 3.05) is 16.7 Å². The molecule has 0 unspecified atom stereocenters. The molecule has 0 atom stereocenters. The van der Waals surface area contributed by atoms with Gasteiger partial charge in [-0.3, -0.25) is 9.10 Å². The van der Waals surface area contributed by atoms with E-state index in [0.717, 1.165) is 11.1 Å². The highest BCUT2D eigenvalue weighted by molar-refractivity contribution is 7.92. The zero-order chi connectivity index (χ0) is 21.2. The van der Waals surface area contributed by atoms with Gasteiger partial charge in [-0.2, -0.15) is 0 Å². The molecule has 0 radical (unpaired) electrons. The van der Waals surface area contributed by atoms with Gasteiger partial charge < -0.3 is 5.32 Å². The highest BCUT2D eigenvalue weighted by Gasteiger charge is 2.23. The van der Waals surface area contributed by atoms with Crippen LogP contribution in [0.25, 0.3) is 0 Å². The number of amides is 1. The van der Waals surface area contributed by atoms with Crippen molar-refractivity contribution in [2.45, 2.75) is 18.7 Å². The Bertz CT molecular complexity index is 1180. The van der Waals surface area contributed by atoms with Crippen molar-refractivity contribution >= 4 is 38.9 Å². The van der Waals surface area contributed by atoms with Gasteiger partial charge in [0.25, 0.3) is 15.9 Å². The van der Waals surface area contributed by atoms with Gasteiger partial charge in [0.05, 0.1) is 10.6 Å². The zero-order valence-electron chi connectivity index (χ0n) is 16.3. The predicted molar refractivity (Wildman–Crippen MR) is 117 cm³/mol. The molecule has 7 heteroatoms. The Hall–Kier alpha value is -2.83. The second-order valence-corrected chi connectivity index (χ2v) is 9.11. The fourth-order valence-corrected chi connectivity index (χ4v) is 4.40. The number of carbonyl (C=O) groups is 1. The monoisotopic (exact) mass is 428 g/mol. The fourth-order valence-electron chi connectivity index (χ4n) is 2.93. The summed E-state index contributed by atoms with van der Waals surface area (Å²) in [6, 6.07) is 18.4. The van der Waals surface area contributed by atoms with Crippen LogP contribution in [0, 0.1) is 13.8 Å². The molecule has 0 bridgehead atoms. The van der Waals surface area contributed by atoms with E-state index in [0.29, 0.717) is 16.4 Å². The third-order valence-electron chi connectivity index (χ3n) is 4.66. The highest BCUT2D eigenvalue weighted by Crippen LogP contribution is 2.26. The topological polar surface area (TPSA) is 66.5 Å². The smallest absolute Gasteiger partial charge is 0.264 e. The number of nitrogens with one attached hydrogen (secondary N) is 1. The van der Waals surface area contributed by atoms with Crippen LogP contribution in [0.5, 0.6) is 0 Å². The SMILES string of the molecule is Cc1ccc(Cl)cc1NC(=O)c1cccc(S(=O)(=O)N(C)c2ccccc2C)c1. The highest BCUT2D eigenvalue weighted by atomic mass is 35.5.